The maximum atomic E-state index is 13.5. The van der Waals surface area contributed by atoms with Crippen LogP contribution in [0.25, 0.3) is 0 Å². The Morgan fingerprint density at radius 1 is 0.964 bits per heavy atom. The summed E-state index contributed by atoms with van der Waals surface area (Å²) in [4.78, 5) is 33.5. The van der Waals surface area contributed by atoms with Crippen molar-refractivity contribution in [3.63, 3.8) is 0 Å². The summed E-state index contributed by atoms with van der Waals surface area (Å²) in [5.74, 6) is 1.73. The van der Waals surface area contributed by atoms with Gasteiger partial charge in [0.2, 0.25) is 5.91 Å². The molecule has 1 unspecified atom stereocenters. The van der Waals surface area contributed by atoms with Crippen LogP contribution in [0.5, 0.6) is 0 Å². The molecule has 0 N–H and O–H groups in total. The fourth-order valence-corrected chi connectivity index (χ4v) is 5.80. The average Bonchev–Trinajstić information content (AvgIpc) is 3.43. The molecule has 0 radical (unpaired) electrons. The zero-order chi connectivity index (χ0) is 19.5. The van der Waals surface area contributed by atoms with E-state index in [1.54, 1.807) is 0 Å². The smallest absolute Gasteiger partial charge is 0.264 e. The van der Waals surface area contributed by atoms with Crippen molar-refractivity contribution in [3.05, 3.63) is 22.4 Å². The summed E-state index contributed by atoms with van der Waals surface area (Å²) in [5.41, 5.74) is 0. The van der Waals surface area contributed by atoms with Gasteiger partial charge in [0.1, 0.15) is 0 Å². The van der Waals surface area contributed by atoms with Crippen molar-refractivity contribution >= 4 is 23.2 Å². The van der Waals surface area contributed by atoms with Crippen molar-refractivity contribution in [2.45, 2.75) is 51.5 Å². The Morgan fingerprint density at radius 3 is 2.25 bits per heavy atom. The highest BCUT2D eigenvalue weighted by Gasteiger charge is 2.39. The highest BCUT2D eigenvalue weighted by Crippen LogP contribution is 2.33. The van der Waals surface area contributed by atoms with E-state index in [0.717, 1.165) is 62.9 Å². The molecule has 1 saturated carbocycles. The summed E-state index contributed by atoms with van der Waals surface area (Å²) in [6, 6.07) is 3.86. The van der Waals surface area contributed by atoms with Crippen molar-refractivity contribution in [1.29, 1.82) is 0 Å². The number of carbonyl (C=O) groups excluding carboxylic acids is 2. The first-order chi connectivity index (χ1) is 13.6. The zero-order valence-electron chi connectivity index (χ0n) is 17.0. The number of hydrogen-bond donors (Lipinski definition) is 0. The van der Waals surface area contributed by atoms with Crippen molar-refractivity contribution in [1.82, 2.24) is 14.7 Å². The van der Waals surface area contributed by atoms with Gasteiger partial charge in [-0.3, -0.25) is 14.5 Å². The van der Waals surface area contributed by atoms with Crippen LogP contribution >= 0.6 is 11.3 Å². The largest absolute Gasteiger partial charge is 0.341 e. The summed E-state index contributed by atoms with van der Waals surface area (Å²) in [7, 11) is 0. The molecular weight excluding hydrogens is 370 g/mol. The minimum Gasteiger partial charge on any atom is -0.341 e. The second-order valence-corrected chi connectivity index (χ2v) is 9.75. The lowest BCUT2D eigenvalue weighted by atomic mass is 9.92. The number of rotatable bonds is 4. The third-order valence-corrected chi connectivity index (χ3v) is 7.78. The van der Waals surface area contributed by atoms with Crippen LogP contribution in [0.3, 0.4) is 0 Å². The van der Waals surface area contributed by atoms with Gasteiger partial charge in [0.05, 0.1) is 10.9 Å². The standard InChI is InChI=1S/C22H33N3O2S/c1-17-8-10-24(11-9-17)22(27)20(18-5-2-3-6-18)23-12-14-25(15-13-23)21(26)19-7-4-16-28-19/h4,7,16-18,20H,2-3,5-6,8-15H2,1H3. The molecular formula is C22H33N3O2S. The second-order valence-electron chi connectivity index (χ2n) is 8.80. The van der Waals surface area contributed by atoms with Crippen molar-refractivity contribution in [2.75, 3.05) is 39.3 Å². The molecule has 1 aromatic heterocycles. The zero-order valence-corrected chi connectivity index (χ0v) is 17.8. The average molecular weight is 404 g/mol. The van der Waals surface area contributed by atoms with E-state index in [1.165, 1.54) is 37.0 Å². The molecule has 0 aromatic carbocycles. The minimum absolute atomic E-state index is 0.0231. The lowest BCUT2D eigenvalue weighted by molar-refractivity contribution is -0.141. The Balaban J connectivity index is 1.41. The van der Waals surface area contributed by atoms with Gasteiger partial charge < -0.3 is 9.80 Å². The van der Waals surface area contributed by atoms with Crippen LogP contribution in [0, 0.1) is 11.8 Å². The first-order valence-electron chi connectivity index (χ1n) is 11.0. The Morgan fingerprint density at radius 2 is 1.64 bits per heavy atom. The molecule has 0 bridgehead atoms. The fourth-order valence-electron chi connectivity index (χ4n) is 5.10. The van der Waals surface area contributed by atoms with Gasteiger partial charge in [-0.25, -0.2) is 0 Å². The van der Waals surface area contributed by atoms with Gasteiger partial charge in [0.15, 0.2) is 0 Å². The third kappa shape index (κ3) is 4.28. The summed E-state index contributed by atoms with van der Waals surface area (Å²) < 4.78 is 0. The lowest BCUT2D eigenvalue weighted by Gasteiger charge is -2.43. The molecule has 1 atom stereocenters. The number of carbonyl (C=O) groups is 2. The summed E-state index contributed by atoms with van der Waals surface area (Å²) in [5, 5.41) is 1.96. The Kier molecular flexibility index (Phi) is 6.36. The first-order valence-corrected chi connectivity index (χ1v) is 11.9. The van der Waals surface area contributed by atoms with Gasteiger partial charge in [-0.2, -0.15) is 0 Å². The van der Waals surface area contributed by atoms with Crippen LogP contribution in [-0.2, 0) is 4.79 Å². The van der Waals surface area contributed by atoms with Crippen LogP contribution < -0.4 is 0 Å². The quantitative estimate of drug-likeness (QED) is 0.775. The van der Waals surface area contributed by atoms with E-state index in [0.29, 0.717) is 11.8 Å². The van der Waals surface area contributed by atoms with Gasteiger partial charge in [0, 0.05) is 39.3 Å². The number of likely N-dealkylation sites (tertiary alicyclic amines) is 1. The second kappa shape index (κ2) is 8.95. The normalized spacial score (nSPS) is 23.9. The van der Waals surface area contributed by atoms with Crippen LogP contribution in [0.2, 0.25) is 0 Å². The number of nitrogens with zero attached hydrogens (tertiary/aromatic N) is 3. The number of amides is 2. The van der Waals surface area contributed by atoms with Crippen LogP contribution in [0.15, 0.2) is 17.5 Å². The van der Waals surface area contributed by atoms with E-state index in [9.17, 15) is 9.59 Å². The topological polar surface area (TPSA) is 43.9 Å². The van der Waals surface area contributed by atoms with E-state index in [4.69, 9.17) is 0 Å². The van der Waals surface area contributed by atoms with E-state index in [2.05, 4.69) is 16.7 Å². The summed E-state index contributed by atoms with van der Waals surface area (Å²) in [6.45, 7) is 7.21. The molecule has 3 aliphatic rings. The van der Waals surface area contributed by atoms with E-state index in [-0.39, 0.29) is 11.9 Å². The van der Waals surface area contributed by atoms with Gasteiger partial charge in [0.25, 0.3) is 5.91 Å². The molecule has 154 valence electrons. The molecule has 1 aliphatic carbocycles. The van der Waals surface area contributed by atoms with E-state index in [1.807, 2.05) is 22.4 Å². The monoisotopic (exact) mass is 403 g/mol. The minimum atomic E-state index is 0.0231. The predicted molar refractivity (Wildman–Crippen MR) is 113 cm³/mol. The molecule has 3 fully saturated rings. The molecule has 2 amide bonds. The van der Waals surface area contributed by atoms with Crippen LogP contribution in [-0.4, -0.2) is 71.8 Å². The number of piperazine rings is 1. The van der Waals surface area contributed by atoms with Gasteiger partial charge >= 0.3 is 0 Å². The van der Waals surface area contributed by atoms with Crippen molar-refractivity contribution in [3.8, 4) is 0 Å². The predicted octanol–water partition coefficient (Wildman–Crippen LogP) is 3.32. The van der Waals surface area contributed by atoms with Gasteiger partial charge in [-0.1, -0.05) is 25.8 Å². The highest BCUT2D eigenvalue weighted by atomic mass is 32.1. The molecule has 6 heteroatoms. The molecule has 1 aromatic rings. The highest BCUT2D eigenvalue weighted by molar-refractivity contribution is 7.12. The Labute approximate surface area is 172 Å². The fraction of sp³-hybridized carbons (Fsp3) is 0.727. The molecule has 4 rings (SSSR count). The van der Waals surface area contributed by atoms with E-state index < -0.39 is 0 Å². The first kappa shape index (κ1) is 19.9. The number of hydrogen-bond acceptors (Lipinski definition) is 4. The van der Waals surface area contributed by atoms with E-state index >= 15 is 0 Å². The Bertz CT molecular complexity index is 655. The molecule has 28 heavy (non-hydrogen) atoms. The Hall–Kier alpha value is -1.40. The lowest BCUT2D eigenvalue weighted by Crippen LogP contribution is -2.59. The van der Waals surface area contributed by atoms with Gasteiger partial charge in [-0.05, 0) is 49.0 Å². The molecule has 2 aliphatic heterocycles. The maximum Gasteiger partial charge on any atom is 0.264 e. The molecule has 3 heterocycles. The van der Waals surface area contributed by atoms with Crippen LogP contribution in [0.4, 0.5) is 0 Å². The van der Waals surface area contributed by atoms with Crippen molar-refractivity contribution < 1.29 is 9.59 Å². The SMILES string of the molecule is CC1CCN(C(=O)C(C2CCCC2)N2CCN(C(=O)c3cccs3)CC2)CC1. The molecule has 0 spiro atoms. The maximum absolute atomic E-state index is 13.5. The molecule has 2 saturated heterocycles. The third-order valence-electron chi connectivity index (χ3n) is 6.92. The summed E-state index contributed by atoms with van der Waals surface area (Å²) in [6.07, 6.45) is 7.12. The molecule has 5 nitrogen and oxygen atoms in total. The van der Waals surface area contributed by atoms with Crippen molar-refractivity contribution in [2.24, 2.45) is 11.8 Å². The van der Waals surface area contributed by atoms with Crippen LogP contribution in [0.1, 0.15) is 55.1 Å². The number of piperidine rings is 1. The number of thiophene rings is 1. The summed E-state index contributed by atoms with van der Waals surface area (Å²) >= 11 is 1.51. The van der Waals surface area contributed by atoms with Gasteiger partial charge in [-0.15, -0.1) is 11.3 Å².